The molecule has 0 amide bonds. The summed E-state index contributed by atoms with van der Waals surface area (Å²) in [7, 11) is 0. The summed E-state index contributed by atoms with van der Waals surface area (Å²) in [6.07, 6.45) is 3.55. The summed E-state index contributed by atoms with van der Waals surface area (Å²) >= 11 is 5.74. The number of aromatic nitrogens is 3. The molecule has 0 aliphatic heterocycles. The van der Waals surface area contributed by atoms with Crippen molar-refractivity contribution < 1.29 is 0 Å². The van der Waals surface area contributed by atoms with Crippen molar-refractivity contribution in [3.8, 4) is 0 Å². The summed E-state index contributed by atoms with van der Waals surface area (Å²) < 4.78 is 3.29. The SMILES string of the molecule is Cc1cc2c(=O)n(CC(C)CCl)ccn2n1. The Morgan fingerprint density at radius 2 is 2.25 bits per heavy atom. The first-order chi connectivity index (χ1) is 7.61. The van der Waals surface area contributed by atoms with E-state index in [0.717, 1.165) is 5.69 Å². The van der Waals surface area contributed by atoms with Crippen LogP contribution in [0.1, 0.15) is 12.6 Å². The van der Waals surface area contributed by atoms with Crippen LogP contribution in [0, 0.1) is 12.8 Å². The minimum atomic E-state index is -0.0138. The van der Waals surface area contributed by atoms with E-state index in [1.165, 1.54) is 0 Å². The highest BCUT2D eigenvalue weighted by molar-refractivity contribution is 6.18. The van der Waals surface area contributed by atoms with Crippen molar-refractivity contribution >= 4 is 17.1 Å². The van der Waals surface area contributed by atoms with Crippen LogP contribution in [-0.2, 0) is 6.54 Å². The van der Waals surface area contributed by atoms with Crippen molar-refractivity contribution in [1.29, 1.82) is 0 Å². The largest absolute Gasteiger partial charge is 0.312 e. The topological polar surface area (TPSA) is 39.3 Å². The maximum Gasteiger partial charge on any atom is 0.276 e. The third-order valence-electron chi connectivity index (χ3n) is 2.50. The molecule has 0 N–H and O–H groups in total. The van der Waals surface area contributed by atoms with Crippen molar-refractivity contribution in [2.45, 2.75) is 20.4 Å². The minimum Gasteiger partial charge on any atom is -0.312 e. The van der Waals surface area contributed by atoms with Crippen LogP contribution in [0.3, 0.4) is 0 Å². The molecule has 2 heterocycles. The molecule has 16 heavy (non-hydrogen) atoms. The van der Waals surface area contributed by atoms with E-state index >= 15 is 0 Å². The van der Waals surface area contributed by atoms with E-state index < -0.39 is 0 Å². The van der Waals surface area contributed by atoms with E-state index in [2.05, 4.69) is 5.10 Å². The Balaban J connectivity index is 2.48. The molecule has 2 aromatic heterocycles. The highest BCUT2D eigenvalue weighted by Gasteiger charge is 2.07. The van der Waals surface area contributed by atoms with Gasteiger partial charge in [-0.3, -0.25) is 4.79 Å². The van der Waals surface area contributed by atoms with Crippen LogP contribution in [0.4, 0.5) is 0 Å². The summed E-state index contributed by atoms with van der Waals surface area (Å²) in [5.74, 6) is 0.835. The molecule has 1 atom stereocenters. The second-order valence-corrected chi connectivity index (χ2v) is 4.44. The molecule has 0 saturated carbocycles. The molecule has 1 unspecified atom stereocenters. The lowest BCUT2D eigenvalue weighted by atomic mass is 10.2. The Morgan fingerprint density at radius 1 is 1.50 bits per heavy atom. The van der Waals surface area contributed by atoms with Gasteiger partial charge < -0.3 is 4.57 Å². The summed E-state index contributed by atoms with van der Waals surface area (Å²) in [5.41, 5.74) is 1.45. The molecule has 2 aromatic rings. The van der Waals surface area contributed by atoms with Gasteiger partial charge in [-0.2, -0.15) is 5.10 Å². The zero-order valence-corrected chi connectivity index (χ0v) is 10.1. The maximum absolute atomic E-state index is 12.1. The van der Waals surface area contributed by atoms with Crippen LogP contribution in [0.2, 0.25) is 0 Å². The first-order valence-corrected chi connectivity index (χ1v) is 5.76. The van der Waals surface area contributed by atoms with Gasteiger partial charge in [0.15, 0.2) is 0 Å². The fraction of sp³-hybridized carbons (Fsp3) is 0.455. The van der Waals surface area contributed by atoms with Crippen LogP contribution in [0.15, 0.2) is 23.3 Å². The molecule has 86 valence electrons. The Hall–Kier alpha value is -1.29. The summed E-state index contributed by atoms with van der Waals surface area (Å²) in [5, 5.41) is 4.19. The van der Waals surface area contributed by atoms with E-state index in [0.29, 0.717) is 17.9 Å². The predicted octanol–water partition coefficient (Wildman–Crippen LogP) is 1.68. The number of hydrogen-bond acceptors (Lipinski definition) is 2. The molecule has 2 rings (SSSR count). The molecular formula is C11H14ClN3O. The van der Waals surface area contributed by atoms with Gasteiger partial charge in [-0.15, -0.1) is 11.6 Å². The van der Waals surface area contributed by atoms with Crippen LogP contribution >= 0.6 is 11.6 Å². The average molecular weight is 240 g/mol. The van der Waals surface area contributed by atoms with Crippen LogP contribution in [-0.4, -0.2) is 20.1 Å². The van der Waals surface area contributed by atoms with Crippen LogP contribution in [0.5, 0.6) is 0 Å². The Kier molecular flexibility index (Phi) is 3.01. The number of halogens is 1. The van der Waals surface area contributed by atoms with Gasteiger partial charge in [0.05, 0.1) is 5.69 Å². The second kappa shape index (κ2) is 4.29. The van der Waals surface area contributed by atoms with Crippen molar-refractivity contribution in [2.24, 2.45) is 5.92 Å². The van der Waals surface area contributed by atoms with Gasteiger partial charge >= 0.3 is 0 Å². The number of alkyl halides is 1. The molecule has 0 aromatic carbocycles. The molecule has 0 bridgehead atoms. The lowest BCUT2D eigenvalue weighted by Crippen LogP contribution is -2.24. The standard InChI is InChI=1S/C11H14ClN3O/c1-8(6-12)7-14-3-4-15-10(11(14)16)5-9(2)13-15/h3-5,8H,6-7H2,1-2H3. The zero-order chi connectivity index (χ0) is 11.7. The van der Waals surface area contributed by atoms with Crippen molar-refractivity contribution in [1.82, 2.24) is 14.2 Å². The van der Waals surface area contributed by atoms with Gasteiger partial charge in [0.2, 0.25) is 0 Å². The highest BCUT2D eigenvalue weighted by Crippen LogP contribution is 2.03. The quantitative estimate of drug-likeness (QED) is 0.765. The maximum atomic E-state index is 12.1. The third-order valence-corrected chi connectivity index (χ3v) is 3.02. The first-order valence-electron chi connectivity index (χ1n) is 5.23. The highest BCUT2D eigenvalue weighted by atomic mass is 35.5. The van der Waals surface area contributed by atoms with Crippen molar-refractivity contribution in [3.05, 3.63) is 34.5 Å². The summed E-state index contributed by atoms with van der Waals surface area (Å²) in [6.45, 7) is 4.53. The van der Waals surface area contributed by atoms with E-state index in [1.807, 2.05) is 13.8 Å². The smallest absolute Gasteiger partial charge is 0.276 e. The molecule has 0 saturated heterocycles. The van der Waals surface area contributed by atoms with Gasteiger partial charge in [0.1, 0.15) is 5.52 Å². The molecular weight excluding hydrogens is 226 g/mol. The van der Waals surface area contributed by atoms with Gasteiger partial charge in [0.25, 0.3) is 5.56 Å². The van der Waals surface area contributed by atoms with Gasteiger partial charge in [-0.1, -0.05) is 6.92 Å². The molecule has 5 heteroatoms. The fourth-order valence-corrected chi connectivity index (χ4v) is 1.77. The van der Waals surface area contributed by atoms with Gasteiger partial charge in [-0.25, -0.2) is 4.52 Å². The van der Waals surface area contributed by atoms with Gasteiger partial charge in [0, 0.05) is 24.8 Å². The first kappa shape index (κ1) is 11.2. The number of nitrogens with zero attached hydrogens (tertiary/aromatic N) is 3. The fourth-order valence-electron chi connectivity index (χ4n) is 1.68. The number of hydrogen-bond donors (Lipinski definition) is 0. The van der Waals surface area contributed by atoms with Gasteiger partial charge in [-0.05, 0) is 18.9 Å². The Morgan fingerprint density at radius 3 is 2.94 bits per heavy atom. The monoisotopic (exact) mass is 239 g/mol. The molecule has 0 aliphatic rings. The van der Waals surface area contributed by atoms with Crippen molar-refractivity contribution in [2.75, 3.05) is 5.88 Å². The molecule has 0 aliphatic carbocycles. The van der Waals surface area contributed by atoms with E-state index in [9.17, 15) is 4.79 Å². The van der Waals surface area contributed by atoms with E-state index in [1.54, 1.807) is 27.5 Å². The molecule has 0 fully saturated rings. The van der Waals surface area contributed by atoms with Crippen LogP contribution in [0.25, 0.3) is 5.52 Å². The lowest BCUT2D eigenvalue weighted by Gasteiger charge is -2.10. The number of fused-ring (bicyclic) bond motifs is 1. The Labute approximate surface area is 98.5 Å². The van der Waals surface area contributed by atoms with Crippen LogP contribution < -0.4 is 5.56 Å². The number of rotatable bonds is 3. The predicted molar refractivity (Wildman–Crippen MR) is 64.1 cm³/mol. The summed E-state index contributed by atoms with van der Waals surface area (Å²) in [6, 6.07) is 1.80. The van der Waals surface area contributed by atoms with E-state index in [-0.39, 0.29) is 11.5 Å². The van der Waals surface area contributed by atoms with E-state index in [4.69, 9.17) is 11.6 Å². The Bertz CT molecular complexity index is 558. The second-order valence-electron chi connectivity index (χ2n) is 4.13. The summed E-state index contributed by atoms with van der Waals surface area (Å²) in [4.78, 5) is 12.1. The number of aryl methyl sites for hydroxylation is 1. The lowest BCUT2D eigenvalue weighted by molar-refractivity contribution is 0.514. The zero-order valence-electron chi connectivity index (χ0n) is 9.35. The minimum absolute atomic E-state index is 0.0138. The molecule has 0 radical (unpaired) electrons. The molecule has 0 spiro atoms. The van der Waals surface area contributed by atoms with Crippen molar-refractivity contribution in [3.63, 3.8) is 0 Å². The average Bonchev–Trinajstić information content (AvgIpc) is 2.64. The normalized spacial score (nSPS) is 13.2. The molecule has 4 nitrogen and oxygen atoms in total. The third kappa shape index (κ3) is 1.97.